The van der Waals surface area contributed by atoms with Gasteiger partial charge in [-0.2, -0.15) is 0 Å². The van der Waals surface area contributed by atoms with Gasteiger partial charge in [0.1, 0.15) is 6.54 Å². The average molecular weight is 356 g/mol. The summed E-state index contributed by atoms with van der Waals surface area (Å²) in [5.41, 5.74) is 1.79. The van der Waals surface area contributed by atoms with E-state index in [0.29, 0.717) is 17.1 Å². The van der Waals surface area contributed by atoms with Crippen LogP contribution >= 0.6 is 11.3 Å². The number of aromatic nitrogens is 3. The Bertz CT molecular complexity index is 982. The fraction of sp³-hybridized carbons (Fsp3) is 0.176. The van der Waals surface area contributed by atoms with E-state index in [0.717, 1.165) is 17.0 Å². The minimum Gasteiger partial charge on any atom is -0.331 e. The standard InChI is InChI=1S/C17H16N4O3S/c1-11-10-25-17(24)21(11)9-14(22)19-13-5-3-12(4-6-13)15(23)16-18-7-8-20(16)2/h3-8,10H,9H2,1-2H3,(H,19,22). The van der Waals surface area contributed by atoms with Gasteiger partial charge in [0.15, 0.2) is 5.82 Å². The third kappa shape index (κ3) is 3.58. The van der Waals surface area contributed by atoms with Gasteiger partial charge >= 0.3 is 4.87 Å². The van der Waals surface area contributed by atoms with Gasteiger partial charge in [-0.05, 0) is 31.2 Å². The lowest BCUT2D eigenvalue weighted by atomic mass is 10.1. The number of nitrogens with zero attached hydrogens (tertiary/aromatic N) is 3. The van der Waals surface area contributed by atoms with Gasteiger partial charge in [-0.15, -0.1) is 0 Å². The Kier molecular flexibility index (Phi) is 4.62. The second kappa shape index (κ2) is 6.86. The predicted molar refractivity (Wildman–Crippen MR) is 95.0 cm³/mol. The van der Waals surface area contributed by atoms with Crippen LogP contribution in [0.5, 0.6) is 0 Å². The van der Waals surface area contributed by atoms with E-state index in [9.17, 15) is 14.4 Å². The highest BCUT2D eigenvalue weighted by atomic mass is 32.1. The Labute approximate surface area is 147 Å². The first-order valence-corrected chi connectivity index (χ1v) is 8.40. The number of imidazole rings is 1. The van der Waals surface area contributed by atoms with Gasteiger partial charge in [-0.3, -0.25) is 19.0 Å². The van der Waals surface area contributed by atoms with E-state index in [1.54, 1.807) is 60.6 Å². The highest BCUT2D eigenvalue weighted by Crippen LogP contribution is 2.13. The number of hydrogen-bond acceptors (Lipinski definition) is 5. The fourth-order valence-electron chi connectivity index (χ4n) is 2.36. The maximum Gasteiger partial charge on any atom is 0.307 e. The van der Waals surface area contributed by atoms with Crippen LogP contribution in [0.3, 0.4) is 0 Å². The number of aryl methyl sites for hydroxylation is 2. The summed E-state index contributed by atoms with van der Waals surface area (Å²) in [4.78, 5) is 39.9. The first-order valence-electron chi connectivity index (χ1n) is 7.52. The zero-order valence-electron chi connectivity index (χ0n) is 13.7. The molecule has 2 aromatic heterocycles. The van der Waals surface area contributed by atoms with E-state index < -0.39 is 0 Å². The lowest BCUT2D eigenvalue weighted by molar-refractivity contribution is -0.116. The van der Waals surface area contributed by atoms with Gasteiger partial charge in [-0.1, -0.05) is 11.3 Å². The molecule has 0 saturated heterocycles. The molecule has 0 spiro atoms. The van der Waals surface area contributed by atoms with Crippen LogP contribution in [0.4, 0.5) is 5.69 Å². The number of carbonyl (C=O) groups excluding carboxylic acids is 2. The first-order chi connectivity index (χ1) is 12.0. The summed E-state index contributed by atoms with van der Waals surface area (Å²) in [7, 11) is 1.75. The van der Waals surface area contributed by atoms with Crippen molar-refractivity contribution < 1.29 is 9.59 Å². The number of benzene rings is 1. The second-order valence-corrected chi connectivity index (χ2v) is 6.37. The number of hydrogen-bond donors (Lipinski definition) is 1. The van der Waals surface area contributed by atoms with Gasteiger partial charge in [0.2, 0.25) is 11.7 Å². The summed E-state index contributed by atoms with van der Waals surface area (Å²) >= 11 is 1.07. The van der Waals surface area contributed by atoms with Crippen molar-refractivity contribution in [3.63, 3.8) is 0 Å². The second-order valence-electron chi connectivity index (χ2n) is 5.55. The molecule has 0 radical (unpaired) electrons. The van der Waals surface area contributed by atoms with Gasteiger partial charge in [0.25, 0.3) is 0 Å². The summed E-state index contributed by atoms with van der Waals surface area (Å²) < 4.78 is 3.07. The van der Waals surface area contributed by atoms with Crippen LogP contribution in [-0.2, 0) is 18.4 Å². The van der Waals surface area contributed by atoms with E-state index >= 15 is 0 Å². The molecule has 8 heteroatoms. The van der Waals surface area contributed by atoms with Gasteiger partial charge in [-0.25, -0.2) is 4.98 Å². The molecule has 0 aliphatic rings. The maximum atomic E-state index is 12.3. The van der Waals surface area contributed by atoms with Crippen LogP contribution < -0.4 is 10.2 Å². The quantitative estimate of drug-likeness (QED) is 0.707. The maximum absolute atomic E-state index is 12.3. The SMILES string of the molecule is Cc1csc(=O)n1CC(=O)Nc1ccc(C(=O)c2nccn2C)cc1. The van der Waals surface area contributed by atoms with Crippen molar-refractivity contribution >= 4 is 28.7 Å². The lowest BCUT2D eigenvalue weighted by Crippen LogP contribution is -2.25. The molecule has 0 aliphatic heterocycles. The van der Waals surface area contributed by atoms with E-state index in [1.807, 2.05) is 0 Å². The minimum atomic E-state index is -0.299. The molecule has 1 amide bonds. The molecule has 128 valence electrons. The third-order valence-electron chi connectivity index (χ3n) is 3.73. The number of thiazole rings is 1. The number of ketones is 1. The van der Waals surface area contributed by atoms with E-state index in [1.165, 1.54) is 4.57 Å². The predicted octanol–water partition coefficient (Wildman–Crippen LogP) is 1.82. The van der Waals surface area contributed by atoms with Gasteiger partial charge in [0, 0.05) is 41.8 Å². The molecule has 25 heavy (non-hydrogen) atoms. The van der Waals surface area contributed by atoms with Crippen LogP contribution in [0, 0.1) is 6.92 Å². The Hall–Kier alpha value is -3.00. The molecule has 7 nitrogen and oxygen atoms in total. The van der Waals surface area contributed by atoms with Crippen molar-refractivity contribution in [3.05, 3.63) is 68.8 Å². The molecule has 3 rings (SSSR count). The Balaban J connectivity index is 1.68. The summed E-state index contributed by atoms with van der Waals surface area (Å²) in [6, 6.07) is 6.57. The van der Waals surface area contributed by atoms with Crippen LogP contribution in [0.25, 0.3) is 0 Å². The van der Waals surface area contributed by atoms with E-state index in [4.69, 9.17) is 0 Å². The molecule has 0 aliphatic carbocycles. The molecule has 1 N–H and O–H groups in total. The zero-order valence-corrected chi connectivity index (χ0v) is 14.5. The van der Waals surface area contributed by atoms with Crippen molar-refractivity contribution in [3.8, 4) is 0 Å². The van der Waals surface area contributed by atoms with Crippen molar-refractivity contribution in [1.29, 1.82) is 0 Å². The minimum absolute atomic E-state index is 0.0396. The molecule has 0 atom stereocenters. The largest absolute Gasteiger partial charge is 0.331 e. The summed E-state index contributed by atoms with van der Waals surface area (Å²) in [5.74, 6) is -0.137. The van der Waals surface area contributed by atoms with Gasteiger partial charge in [0.05, 0.1) is 0 Å². The summed E-state index contributed by atoms with van der Waals surface area (Å²) in [6.45, 7) is 1.74. The molecule has 2 heterocycles. The molecular formula is C17H16N4O3S. The smallest absolute Gasteiger partial charge is 0.307 e. The van der Waals surface area contributed by atoms with Crippen LogP contribution in [-0.4, -0.2) is 25.8 Å². The van der Waals surface area contributed by atoms with Crippen molar-refractivity contribution in [2.45, 2.75) is 13.5 Å². The van der Waals surface area contributed by atoms with Crippen LogP contribution in [0.15, 0.2) is 46.8 Å². The Morgan fingerprint density at radius 2 is 1.96 bits per heavy atom. The van der Waals surface area contributed by atoms with Crippen molar-refractivity contribution in [1.82, 2.24) is 14.1 Å². The molecular weight excluding hydrogens is 340 g/mol. The zero-order chi connectivity index (χ0) is 18.0. The van der Waals surface area contributed by atoms with E-state index in [-0.39, 0.29) is 23.1 Å². The number of anilines is 1. The monoisotopic (exact) mass is 356 g/mol. The average Bonchev–Trinajstić information content (AvgIpc) is 3.15. The molecule has 0 saturated carbocycles. The summed E-state index contributed by atoms with van der Waals surface area (Å²) in [5, 5.41) is 4.44. The highest BCUT2D eigenvalue weighted by Gasteiger charge is 2.14. The highest BCUT2D eigenvalue weighted by molar-refractivity contribution is 7.07. The molecule has 3 aromatic rings. The number of nitrogens with one attached hydrogen (secondary N) is 1. The first kappa shape index (κ1) is 16.8. The molecule has 1 aromatic carbocycles. The lowest BCUT2D eigenvalue weighted by Gasteiger charge is -2.08. The topological polar surface area (TPSA) is 86.0 Å². The van der Waals surface area contributed by atoms with Gasteiger partial charge < -0.3 is 9.88 Å². The normalized spacial score (nSPS) is 10.6. The fourth-order valence-corrected chi connectivity index (χ4v) is 3.09. The molecule has 0 bridgehead atoms. The summed E-state index contributed by atoms with van der Waals surface area (Å²) in [6.07, 6.45) is 3.27. The molecule has 0 unspecified atom stereocenters. The third-order valence-corrected chi connectivity index (χ3v) is 4.61. The molecule has 0 fully saturated rings. The number of rotatable bonds is 5. The number of amides is 1. The Morgan fingerprint density at radius 1 is 1.24 bits per heavy atom. The Morgan fingerprint density at radius 3 is 2.52 bits per heavy atom. The van der Waals surface area contributed by atoms with Crippen molar-refractivity contribution in [2.75, 3.05) is 5.32 Å². The van der Waals surface area contributed by atoms with Crippen LogP contribution in [0.1, 0.15) is 21.9 Å². The van der Waals surface area contributed by atoms with Crippen molar-refractivity contribution in [2.24, 2.45) is 7.05 Å². The van der Waals surface area contributed by atoms with Crippen LogP contribution in [0.2, 0.25) is 0 Å². The number of carbonyl (C=O) groups is 2. The van der Waals surface area contributed by atoms with E-state index in [2.05, 4.69) is 10.3 Å².